The summed E-state index contributed by atoms with van der Waals surface area (Å²) in [4.78, 5) is 2.56. The molecule has 0 aromatic heterocycles. The second-order valence-electron chi connectivity index (χ2n) is 5.82. The van der Waals surface area contributed by atoms with E-state index >= 15 is 0 Å². The van der Waals surface area contributed by atoms with Crippen LogP contribution in [0.2, 0.25) is 0 Å². The molecule has 1 aromatic carbocycles. The van der Waals surface area contributed by atoms with Gasteiger partial charge in [-0.3, -0.25) is 4.90 Å². The summed E-state index contributed by atoms with van der Waals surface area (Å²) >= 11 is 3.47. The van der Waals surface area contributed by atoms with Crippen molar-refractivity contribution in [1.82, 2.24) is 4.90 Å². The minimum atomic E-state index is -0.165. The number of rotatable bonds is 6. The summed E-state index contributed by atoms with van der Waals surface area (Å²) in [6.07, 6.45) is 5.58. The van der Waals surface area contributed by atoms with Gasteiger partial charge in [0, 0.05) is 24.1 Å². The van der Waals surface area contributed by atoms with E-state index in [2.05, 4.69) is 20.8 Å². The van der Waals surface area contributed by atoms with Gasteiger partial charge >= 0.3 is 0 Å². The van der Waals surface area contributed by atoms with Crippen molar-refractivity contribution in [2.45, 2.75) is 32.2 Å². The Labute approximate surface area is 116 Å². The second-order valence-corrected chi connectivity index (χ2v) is 6.67. The maximum absolute atomic E-state index is 13.1. The van der Waals surface area contributed by atoms with Crippen molar-refractivity contribution in [1.29, 1.82) is 0 Å². The van der Waals surface area contributed by atoms with Crippen molar-refractivity contribution < 1.29 is 4.39 Å². The van der Waals surface area contributed by atoms with E-state index in [1.54, 1.807) is 12.1 Å². The maximum atomic E-state index is 13.1. The zero-order valence-corrected chi connectivity index (χ0v) is 12.1. The Balaban J connectivity index is 1.65. The summed E-state index contributed by atoms with van der Waals surface area (Å²) < 4.78 is 14.0. The molecule has 0 aliphatic heterocycles. The fourth-order valence-electron chi connectivity index (χ4n) is 2.43. The average Bonchev–Trinajstić information content (AvgIpc) is 3.18. The van der Waals surface area contributed by atoms with E-state index in [-0.39, 0.29) is 5.82 Å². The van der Waals surface area contributed by atoms with Gasteiger partial charge in [0.05, 0.1) is 0 Å². The third-order valence-corrected chi connectivity index (χ3v) is 4.57. The Morgan fingerprint density at radius 1 is 1.11 bits per heavy atom. The molecule has 0 atom stereocenters. The van der Waals surface area contributed by atoms with Crippen LogP contribution in [0.5, 0.6) is 0 Å². The van der Waals surface area contributed by atoms with Gasteiger partial charge in [-0.2, -0.15) is 0 Å². The maximum Gasteiger partial charge on any atom is 0.124 e. The molecule has 0 N–H and O–H groups in total. The van der Waals surface area contributed by atoms with Gasteiger partial charge in [-0.25, -0.2) is 4.39 Å². The highest BCUT2D eigenvalue weighted by Crippen LogP contribution is 2.34. The Kier molecular flexibility index (Phi) is 3.71. The zero-order valence-electron chi connectivity index (χ0n) is 10.5. The molecule has 0 bridgehead atoms. The highest BCUT2D eigenvalue weighted by molar-refractivity contribution is 9.10. The fraction of sp³-hybridized carbons (Fsp3) is 0.600. The highest BCUT2D eigenvalue weighted by atomic mass is 79.9. The van der Waals surface area contributed by atoms with Crippen LogP contribution in [0.3, 0.4) is 0 Å². The van der Waals surface area contributed by atoms with Crippen LogP contribution in [0.4, 0.5) is 4.39 Å². The standard InChI is InChI=1S/C15H19BrFN/c16-15-7-14(17)6-5-13(15)10-18(8-11-1-2-11)9-12-3-4-12/h5-7,11-12H,1-4,8-10H2. The summed E-state index contributed by atoms with van der Waals surface area (Å²) in [6.45, 7) is 3.40. The summed E-state index contributed by atoms with van der Waals surface area (Å²) in [5, 5.41) is 0. The second kappa shape index (κ2) is 5.30. The summed E-state index contributed by atoms with van der Waals surface area (Å²) in [5.41, 5.74) is 1.21. The molecule has 2 fully saturated rings. The summed E-state index contributed by atoms with van der Waals surface area (Å²) in [6, 6.07) is 5.04. The molecule has 18 heavy (non-hydrogen) atoms. The van der Waals surface area contributed by atoms with Crippen LogP contribution in [0.15, 0.2) is 22.7 Å². The molecule has 3 rings (SSSR count). The van der Waals surface area contributed by atoms with Crippen molar-refractivity contribution in [2.75, 3.05) is 13.1 Å². The molecule has 1 nitrogen and oxygen atoms in total. The number of hydrogen-bond acceptors (Lipinski definition) is 1. The largest absolute Gasteiger partial charge is 0.298 e. The first-order valence-corrected chi connectivity index (χ1v) is 7.66. The third-order valence-electron chi connectivity index (χ3n) is 3.84. The molecule has 0 amide bonds. The van der Waals surface area contributed by atoms with Crippen LogP contribution < -0.4 is 0 Å². The molecule has 0 spiro atoms. The van der Waals surface area contributed by atoms with Crippen LogP contribution >= 0.6 is 15.9 Å². The topological polar surface area (TPSA) is 3.24 Å². The van der Waals surface area contributed by atoms with E-state index in [0.717, 1.165) is 22.9 Å². The Morgan fingerprint density at radius 3 is 2.22 bits per heavy atom. The van der Waals surface area contributed by atoms with Crippen LogP contribution in [0, 0.1) is 17.7 Å². The minimum Gasteiger partial charge on any atom is -0.298 e. The van der Waals surface area contributed by atoms with E-state index < -0.39 is 0 Å². The lowest BCUT2D eigenvalue weighted by molar-refractivity contribution is 0.244. The van der Waals surface area contributed by atoms with Gasteiger partial charge in [0.15, 0.2) is 0 Å². The van der Waals surface area contributed by atoms with Crippen molar-refractivity contribution in [3.63, 3.8) is 0 Å². The number of hydrogen-bond donors (Lipinski definition) is 0. The lowest BCUT2D eigenvalue weighted by atomic mass is 10.2. The normalized spacial score (nSPS) is 19.5. The van der Waals surface area contributed by atoms with E-state index in [4.69, 9.17) is 0 Å². The highest BCUT2D eigenvalue weighted by Gasteiger charge is 2.29. The molecule has 0 saturated heterocycles. The average molecular weight is 312 g/mol. The van der Waals surface area contributed by atoms with Crippen LogP contribution in [0.25, 0.3) is 0 Å². The quantitative estimate of drug-likeness (QED) is 0.760. The fourth-order valence-corrected chi connectivity index (χ4v) is 2.90. The molecule has 0 heterocycles. The van der Waals surface area contributed by atoms with Gasteiger partial charge in [0.2, 0.25) is 0 Å². The molecular formula is C15H19BrFN. The van der Waals surface area contributed by atoms with Gasteiger partial charge in [0.25, 0.3) is 0 Å². The van der Waals surface area contributed by atoms with Crippen molar-refractivity contribution in [3.05, 3.63) is 34.1 Å². The Bertz CT molecular complexity index is 413. The summed E-state index contributed by atoms with van der Waals surface area (Å²) in [7, 11) is 0. The molecular weight excluding hydrogens is 293 g/mol. The third kappa shape index (κ3) is 3.55. The van der Waals surface area contributed by atoms with E-state index in [0.29, 0.717) is 0 Å². The first kappa shape index (κ1) is 12.6. The van der Waals surface area contributed by atoms with Crippen LogP contribution in [0.1, 0.15) is 31.2 Å². The predicted molar refractivity (Wildman–Crippen MR) is 74.8 cm³/mol. The van der Waals surface area contributed by atoms with Gasteiger partial charge < -0.3 is 0 Å². The van der Waals surface area contributed by atoms with Crippen molar-refractivity contribution in [3.8, 4) is 0 Å². The van der Waals surface area contributed by atoms with Crippen molar-refractivity contribution in [2.24, 2.45) is 11.8 Å². The van der Waals surface area contributed by atoms with Gasteiger partial charge in [-0.1, -0.05) is 22.0 Å². The first-order valence-electron chi connectivity index (χ1n) is 6.87. The molecule has 1 aromatic rings. The molecule has 2 aliphatic rings. The monoisotopic (exact) mass is 311 g/mol. The number of nitrogens with zero attached hydrogens (tertiary/aromatic N) is 1. The summed E-state index contributed by atoms with van der Waals surface area (Å²) in [5.74, 6) is 1.67. The SMILES string of the molecule is Fc1ccc(CN(CC2CC2)CC2CC2)c(Br)c1. The van der Waals surface area contributed by atoms with Gasteiger partial charge in [-0.15, -0.1) is 0 Å². The Morgan fingerprint density at radius 2 is 1.72 bits per heavy atom. The molecule has 98 valence electrons. The Hall–Kier alpha value is -0.410. The zero-order chi connectivity index (χ0) is 12.5. The molecule has 0 unspecified atom stereocenters. The molecule has 0 radical (unpaired) electrons. The van der Waals surface area contributed by atoms with E-state index in [1.807, 2.05) is 6.07 Å². The van der Waals surface area contributed by atoms with Crippen LogP contribution in [-0.4, -0.2) is 18.0 Å². The predicted octanol–water partition coefficient (Wildman–Crippen LogP) is 4.21. The van der Waals surface area contributed by atoms with Crippen molar-refractivity contribution >= 4 is 15.9 Å². The molecule has 3 heteroatoms. The van der Waals surface area contributed by atoms with Gasteiger partial charge in [-0.05, 0) is 55.2 Å². The van der Waals surface area contributed by atoms with Crippen LogP contribution in [-0.2, 0) is 6.54 Å². The van der Waals surface area contributed by atoms with Gasteiger partial charge in [0.1, 0.15) is 5.82 Å². The van der Waals surface area contributed by atoms with E-state index in [1.165, 1.54) is 44.3 Å². The number of benzene rings is 1. The van der Waals surface area contributed by atoms with E-state index in [9.17, 15) is 4.39 Å². The molecule has 2 aliphatic carbocycles. The smallest absolute Gasteiger partial charge is 0.124 e. The molecule has 2 saturated carbocycles. The first-order chi connectivity index (χ1) is 8.70. The lowest BCUT2D eigenvalue weighted by Crippen LogP contribution is -2.28. The number of halogens is 2. The lowest BCUT2D eigenvalue weighted by Gasteiger charge is -2.22. The minimum absolute atomic E-state index is 0.165.